The van der Waals surface area contributed by atoms with Crippen molar-refractivity contribution < 1.29 is 9.53 Å². The second kappa shape index (κ2) is 6.48. The van der Waals surface area contributed by atoms with Gasteiger partial charge in [-0.3, -0.25) is 4.79 Å². The molecule has 1 heterocycles. The van der Waals surface area contributed by atoms with Gasteiger partial charge in [0, 0.05) is 13.0 Å². The van der Waals surface area contributed by atoms with E-state index in [-0.39, 0.29) is 5.91 Å². The standard InChI is InChI=1S/C9H16N6O2/c1-17-7-8(12-4-2-3-6(10)16)13-5-14-9(7)15-11/h5H,2-4,11H2,1H3,(H2,10,16)(H2,12,13,14,15). The second-order valence-electron chi connectivity index (χ2n) is 3.25. The van der Waals surface area contributed by atoms with Crippen LogP contribution in [0.15, 0.2) is 6.33 Å². The number of aromatic nitrogens is 2. The number of hydrazine groups is 1. The van der Waals surface area contributed by atoms with Gasteiger partial charge in [-0.05, 0) is 6.42 Å². The van der Waals surface area contributed by atoms with Crippen molar-refractivity contribution in [2.45, 2.75) is 12.8 Å². The SMILES string of the molecule is COc1c(NN)ncnc1NCCCC(N)=O. The second-order valence-corrected chi connectivity index (χ2v) is 3.25. The molecule has 1 amide bonds. The first-order valence-corrected chi connectivity index (χ1v) is 5.06. The van der Waals surface area contributed by atoms with Crippen LogP contribution in [0.1, 0.15) is 12.8 Å². The Bertz CT molecular complexity index is 384. The van der Waals surface area contributed by atoms with Gasteiger partial charge >= 0.3 is 0 Å². The lowest BCUT2D eigenvalue weighted by atomic mass is 10.3. The zero-order valence-corrected chi connectivity index (χ0v) is 9.56. The lowest BCUT2D eigenvalue weighted by molar-refractivity contribution is -0.118. The number of primary amides is 1. The molecule has 0 spiro atoms. The van der Waals surface area contributed by atoms with Gasteiger partial charge in [0.2, 0.25) is 11.7 Å². The fourth-order valence-corrected chi connectivity index (χ4v) is 1.27. The van der Waals surface area contributed by atoms with Crippen LogP contribution in [0.2, 0.25) is 0 Å². The van der Waals surface area contributed by atoms with Gasteiger partial charge in [0.25, 0.3) is 0 Å². The Morgan fingerprint density at radius 3 is 2.76 bits per heavy atom. The van der Waals surface area contributed by atoms with Crippen LogP contribution in [-0.2, 0) is 4.79 Å². The number of rotatable bonds is 7. The van der Waals surface area contributed by atoms with Gasteiger partial charge in [-0.25, -0.2) is 15.8 Å². The largest absolute Gasteiger partial charge is 0.490 e. The molecule has 1 rings (SSSR count). The van der Waals surface area contributed by atoms with E-state index in [2.05, 4.69) is 20.7 Å². The number of hydrogen-bond acceptors (Lipinski definition) is 7. The number of nitrogens with two attached hydrogens (primary N) is 2. The third-order valence-electron chi connectivity index (χ3n) is 2.04. The van der Waals surface area contributed by atoms with Crippen molar-refractivity contribution in [2.24, 2.45) is 11.6 Å². The summed E-state index contributed by atoms with van der Waals surface area (Å²) in [6, 6.07) is 0. The molecule has 0 fully saturated rings. The van der Waals surface area contributed by atoms with Crippen LogP contribution in [0.25, 0.3) is 0 Å². The molecule has 0 aliphatic carbocycles. The summed E-state index contributed by atoms with van der Waals surface area (Å²) >= 11 is 0. The number of nitrogens with one attached hydrogen (secondary N) is 2. The van der Waals surface area contributed by atoms with E-state index in [9.17, 15) is 4.79 Å². The van der Waals surface area contributed by atoms with E-state index in [1.54, 1.807) is 0 Å². The molecule has 17 heavy (non-hydrogen) atoms. The molecule has 0 saturated carbocycles. The van der Waals surface area contributed by atoms with Crippen molar-refractivity contribution in [3.8, 4) is 5.75 Å². The van der Waals surface area contributed by atoms with Crippen molar-refractivity contribution >= 4 is 17.5 Å². The van der Waals surface area contributed by atoms with Crippen LogP contribution < -0.4 is 27.1 Å². The van der Waals surface area contributed by atoms with Gasteiger partial charge in [-0.2, -0.15) is 0 Å². The van der Waals surface area contributed by atoms with Gasteiger partial charge in [-0.15, -0.1) is 0 Å². The molecule has 8 heteroatoms. The summed E-state index contributed by atoms with van der Waals surface area (Å²) in [4.78, 5) is 18.5. The Hall–Kier alpha value is -2.09. The first kappa shape index (κ1) is 13.0. The Kier molecular flexibility index (Phi) is 4.95. The topological polar surface area (TPSA) is 128 Å². The quantitative estimate of drug-likeness (QED) is 0.286. The van der Waals surface area contributed by atoms with Crippen LogP contribution in [-0.4, -0.2) is 29.5 Å². The van der Waals surface area contributed by atoms with Gasteiger partial charge in [-0.1, -0.05) is 0 Å². The number of methoxy groups -OCH3 is 1. The number of hydrogen-bond donors (Lipinski definition) is 4. The molecule has 0 aromatic carbocycles. The lowest BCUT2D eigenvalue weighted by Gasteiger charge is -2.12. The number of amides is 1. The summed E-state index contributed by atoms with van der Waals surface area (Å²) in [5.74, 6) is 6.28. The Balaban J connectivity index is 2.60. The molecular formula is C9H16N6O2. The molecule has 94 valence electrons. The number of nitrogens with zero attached hydrogens (tertiary/aromatic N) is 2. The van der Waals surface area contributed by atoms with Crippen LogP contribution in [0.5, 0.6) is 5.75 Å². The number of nitrogen functional groups attached to an aromatic ring is 1. The van der Waals surface area contributed by atoms with Crippen molar-refractivity contribution in [2.75, 3.05) is 24.4 Å². The molecular weight excluding hydrogens is 224 g/mol. The molecule has 0 aliphatic rings. The van der Waals surface area contributed by atoms with Gasteiger partial charge < -0.3 is 21.2 Å². The molecule has 6 N–H and O–H groups in total. The molecule has 1 aromatic rings. The highest BCUT2D eigenvalue weighted by Gasteiger charge is 2.10. The third kappa shape index (κ3) is 3.76. The first-order chi connectivity index (χ1) is 8.19. The summed E-state index contributed by atoms with van der Waals surface area (Å²) < 4.78 is 5.12. The fraction of sp³-hybridized carbons (Fsp3) is 0.444. The summed E-state index contributed by atoms with van der Waals surface area (Å²) in [5, 5.41) is 3.01. The van der Waals surface area contributed by atoms with Gasteiger partial charge in [0.1, 0.15) is 6.33 Å². The highest BCUT2D eigenvalue weighted by Crippen LogP contribution is 2.27. The number of anilines is 2. The van der Waals surface area contributed by atoms with E-state index in [1.165, 1.54) is 13.4 Å². The van der Waals surface area contributed by atoms with Gasteiger partial charge in [0.15, 0.2) is 11.6 Å². The minimum Gasteiger partial charge on any atom is -0.490 e. The van der Waals surface area contributed by atoms with Crippen molar-refractivity contribution in [3.63, 3.8) is 0 Å². The van der Waals surface area contributed by atoms with Crippen LogP contribution >= 0.6 is 0 Å². The number of ether oxygens (including phenoxy) is 1. The first-order valence-electron chi connectivity index (χ1n) is 5.06. The van der Waals surface area contributed by atoms with E-state index in [4.69, 9.17) is 16.3 Å². The average Bonchev–Trinajstić information content (AvgIpc) is 2.33. The molecule has 8 nitrogen and oxygen atoms in total. The molecule has 0 unspecified atom stereocenters. The minimum absolute atomic E-state index is 0.322. The molecule has 0 saturated heterocycles. The maximum atomic E-state index is 10.6. The molecule has 0 bridgehead atoms. The average molecular weight is 240 g/mol. The zero-order valence-electron chi connectivity index (χ0n) is 9.56. The van der Waals surface area contributed by atoms with E-state index in [0.29, 0.717) is 36.8 Å². The predicted octanol–water partition coefficient (Wildman–Crippen LogP) is -0.552. The van der Waals surface area contributed by atoms with Crippen molar-refractivity contribution in [3.05, 3.63) is 6.33 Å². The van der Waals surface area contributed by atoms with E-state index in [0.717, 1.165) is 0 Å². The third-order valence-corrected chi connectivity index (χ3v) is 2.04. The van der Waals surface area contributed by atoms with Crippen LogP contribution in [0.3, 0.4) is 0 Å². The number of carbonyl (C=O) groups excluding carboxylic acids is 1. The Labute approximate surface area is 98.7 Å². The maximum absolute atomic E-state index is 10.6. The summed E-state index contributed by atoms with van der Waals surface area (Å²) in [6.07, 6.45) is 2.30. The van der Waals surface area contributed by atoms with Crippen LogP contribution in [0, 0.1) is 0 Å². The maximum Gasteiger partial charge on any atom is 0.217 e. The van der Waals surface area contributed by atoms with Crippen LogP contribution in [0.4, 0.5) is 11.6 Å². The smallest absolute Gasteiger partial charge is 0.217 e. The number of carbonyl (C=O) groups is 1. The lowest BCUT2D eigenvalue weighted by Crippen LogP contribution is -2.15. The van der Waals surface area contributed by atoms with E-state index >= 15 is 0 Å². The van der Waals surface area contributed by atoms with E-state index in [1.807, 2.05) is 0 Å². The molecule has 0 atom stereocenters. The highest BCUT2D eigenvalue weighted by molar-refractivity contribution is 5.73. The Morgan fingerprint density at radius 1 is 1.47 bits per heavy atom. The molecule has 0 radical (unpaired) electrons. The monoisotopic (exact) mass is 240 g/mol. The van der Waals surface area contributed by atoms with Gasteiger partial charge in [0.05, 0.1) is 7.11 Å². The zero-order chi connectivity index (χ0) is 12.7. The molecule has 1 aromatic heterocycles. The minimum atomic E-state index is -0.328. The highest BCUT2D eigenvalue weighted by atomic mass is 16.5. The Morgan fingerprint density at radius 2 is 2.18 bits per heavy atom. The normalized spacial score (nSPS) is 9.76. The van der Waals surface area contributed by atoms with Crippen molar-refractivity contribution in [1.82, 2.24) is 9.97 Å². The summed E-state index contributed by atoms with van der Waals surface area (Å²) in [7, 11) is 1.49. The fourth-order valence-electron chi connectivity index (χ4n) is 1.27. The predicted molar refractivity (Wildman–Crippen MR) is 63.3 cm³/mol. The van der Waals surface area contributed by atoms with Crippen molar-refractivity contribution in [1.29, 1.82) is 0 Å². The van der Waals surface area contributed by atoms with E-state index < -0.39 is 0 Å². The summed E-state index contributed by atoms with van der Waals surface area (Å²) in [5.41, 5.74) is 7.44. The molecule has 0 aliphatic heterocycles. The summed E-state index contributed by atoms with van der Waals surface area (Å²) in [6.45, 7) is 0.556.